The minimum Gasteiger partial charge on any atom is -0.352 e. The van der Waals surface area contributed by atoms with Gasteiger partial charge in [0.1, 0.15) is 6.04 Å². The van der Waals surface area contributed by atoms with E-state index in [1.165, 1.54) is 0 Å². The summed E-state index contributed by atoms with van der Waals surface area (Å²) in [7, 11) is 0. The molecule has 168 valence electrons. The summed E-state index contributed by atoms with van der Waals surface area (Å²) in [4.78, 5) is 28.7. The maximum Gasteiger partial charge on any atom is 0.243 e. The van der Waals surface area contributed by atoms with Crippen LogP contribution < -0.4 is 5.32 Å². The molecule has 4 nitrogen and oxygen atoms in total. The van der Waals surface area contributed by atoms with E-state index in [9.17, 15) is 9.59 Å². The van der Waals surface area contributed by atoms with Gasteiger partial charge in [-0.15, -0.1) is 11.8 Å². The van der Waals surface area contributed by atoms with Crippen molar-refractivity contribution >= 4 is 58.4 Å². The van der Waals surface area contributed by atoms with Crippen LogP contribution in [0.25, 0.3) is 0 Å². The molecule has 31 heavy (non-hydrogen) atoms. The molecule has 0 radical (unpaired) electrons. The van der Waals surface area contributed by atoms with Gasteiger partial charge in [-0.25, -0.2) is 0 Å². The van der Waals surface area contributed by atoms with Gasteiger partial charge < -0.3 is 10.2 Å². The van der Waals surface area contributed by atoms with Crippen LogP contribution in [0.4, 0.5) is 0 Å². The van der Waals surface area contributed by atoms with E-state index in [-0.39, 0.29) is 30.8 Å². The third-order valence-electron chi connectivity index (χ3n) is 4.61. The molecule has 0 saturated heterocycles. The monoisotopic (exact) mass is 500 g/mol. The van der Waals surface area contributed by atoms with E-state index in [1.807, 2.05) is 45.0 Å². The Balaban J connectivity index is 2.19. The van der Waals surface area contributed by atoms with E-state index >= 15 is 0 Å². The number of halogens is 3. The molecule has 1 atom stereocenters. The van der Waals surface area contributed by atoms with Gasteiger partial charge in [-0.1, -0.05) is 47.8 Å². The van der Waals surface area contributed by atoms with Crippen molar-refractivity contribution in [1.29, 1.82) is 0 Å². The molecule has 0 saturated carbocycles. The van der Waals surface area contributed by atoms with Gasteiger partial charge in [0.05, 0.1) is 0 Å². The van der Waals surface area contributed by atoms with E-state index in [0.717, 1.165) is 4.90 Å². The SMILES string of the molecule is CCC(C(=O)NC(C)C)N(Cc1c(Cl)cccc1Cl)C(=O)CCSc1ccc(Cl)cc1. The number of benzene rings is 2. The smallest absolute Gasteiger partial charge is 0.243 e. The van der Waals surface area contributed by atoms with Crippen LogP contribution >= 0.6 is 46.6 Å². The molecule has 0 aliphatic carbocycles. The number of amides is 2. The number of nitrogens with zero attached hydrogens (tertiary/aromatic N) is 1. The molecule has 0 aliphatic heterocycles. The Morgan fingerprint density at radius 3 is 2.19 bits per heavy atom. The number of hydrogen-bond acceptors (Lipinski definition) is 3. The third kappa shape index (κ3) is 7.90. The average molecular weight is 502 g/mol. The van der Waals surface area contributed by atoms with E-state index in [4.69, 9.17) is 34.8 Å². The van der Waals surface area contributed by atoms with Gasteiger partial charge in [-0.05, 0) is 56.7 Å². The van der Waals surface area contributed by atoms with Crippen molar-refractivity contribution in [1.82, 2.24) is 10.2 Å². The largest absolute Gasteiger partial charge is 0.352 e. The number of carbonyl (C=O) groups excluding carboxylic acids is 2. The number of rotatable bonds is 10. The summed E-state index contributed by atoms with van der Waals surface area (Å²) >= 11 is 20.2. The average Bonchev–Trinajstić information content (AvgIpc) is 2.70. The highest BCUT2D eigenvalue weighted by Crippen LogP contribution is 2.28. The highest BCUT2D eigenvalue weighted by atomic mass is 35.5. The predicted octanol–water partition coefficient (Wildman–Crippen LogP) is 6.46. The number of nitrogens with one attached hydrogen (secondary N) is 1. The lowest BCUT2D eigenvalue weighted by atomic mass is 10.1. The van der Waals surface area contributed by atoms with Crippen molar-refractivity contribution in [3.8, 4) is 0 Å². The van der Waals surface area contributed by atoms with Crippen LogP contribution in [0.3, 0.4) is 0 Å². The minimum atomic E-state index is -0.609. The van der Waals surface area contributed by atoms with Crippen molar-refractivity contribution in [2.75, 3.05) is 5.75 Å². The number of hydrogen-bond donors (Lipinski definition) is 1. The first-order chi connectivity index (χ1) is 14.7. The number of carbonyl (C=O) groups is 2. The summed E-state index contributed by atoms with van der Waals surface area (Å²) < 4.78 is 0. The van der Waals surface area contributed by atoms with Gasteiger partial charge >= 0.3 is 0 Å². The number of thioether (sulfide) groups is 1. The fourth-order valence-corrected chi connectivity index (χ4v) is 4.57. The molecular formula is C23H27Cl3N2O2S. The molecule has 8 heteroatoms. The second-order valence-electron chi connectivity index (χ2n) is 7.36. The van der Waals surface area contributed by atoms with Gasteiger partial charge in [0.25, 0.3) is 0 Å². The molecule has 0 heterocycles. The first kappa shape index (κ1) is 25.9. The van der Waals surface area contributed by atoms with Crippen molar-refractivity contribution in [2.24, 2.45) is 0 Å². The van der Waals surface area contributed by atoms with Crippen molar-refractivity contribution in [3.63, 3.8) is 0 Å². The van der Waals surface area contributed by atoms with E-state index < -0.39 is 6.04 Å². The molecule has 1 unspecified atom stereocenters. The van der Waals surface area contributed by atoms with Gasteiger partial charge in [-0.2, -0.15) is 0 Å². The fraction of sp³-hybridized carbons (Fsp3) is 0.391. The van der Waals surface area contributed by atoms with E-state index in [0.29, 0.717) is 32.8 Å². The summed E-state index contributed by atoms with van der Waals surface area (Å²) in [5.74, 6) is 0.276. The lowest BCUT2D eigenvalue weighted by molar-refractivity contribution is -0.141. The molecule has 0 spiro atoms. The van der Waals surface area contributed by atoms with Crippen LogP contribution in [0.2, 0.25) is 15.1 Å². The first-order valence-electron chi connectivity index (χ1n) is 10.1. The molecule has 1 N–H and O–H groups in total. The van der Waals surface area contributed by atoms with Gasteiger partial charge in [0.2, 0.25) is 11.8 Å². The van der Waals surface area contributed by atoms with Gasteiger partial charge in [0.15, 0.2) is 0 Å². The molecule has 2 aromatic carbocycles. The van der Waals surface area contributed by atoms with Crippen LogP contribution in [0.5, 0.6) is 0 Å². The zero-order valence-electron chi connectivity index (χ0n) is 17.8. The Morgan fingerprint density at radius 1 is 1.03 bits per heavy atom. The topological polar surface area (TPSA) is 49.4 Å². The third-order valence-corrected chi connectivity index (χ3v) is 6.58. The van der Waals surface area contributed by atoms with Crippen molar-refractivity contribution in [3.05, 3.63) is 63.1 Å². The highest BCUT2D eigenvalue weighted by molar-refractivity contribution is 7.99. The standard InChI is InChI=1S/C23H27Cl3N2O2S/c1-4-21(23(30)27-15(2)3)28(14-18-19(25)6-5-7-20(18)26)22(29)12-13-31-17-10-8-16(24)9-11-17/h5-11,15,21H,4,12-14H2,1-3H3,(H,27,30). The lowest BCUT2D eigenvalue weighted by Crippen LogP contribution is -2.50. The summed E-state index contributed by atoms with van der Waals surface area (Å²) in [5.41, 5.74) is 0.639. The maximum atomic E-state index is 13.2. The zero-order chi connectivity index (χ0) is 23.0. The second kappa shape index (κ2) is 12.6. The fourth-order valence-electron chi connectivity index (χ4n) is 3.08. The normalized spacial score (nSPS) is 12.0. The molecule has 2 amide bonds. The lowest BCUT2D eigenvalue weighted by Gasteiger charge is -2.31. The molecule has 2 aromatic rings. The molecular weight excluding hydrogens is 475 g/mol. The Morgan fingerprint density at radius 2 is 1.65 bits per heavy atom. The maximum absolute atomic E-state index is 13.2. The molecule has 0 bridgehead atoms. The van der Waals surface area contributed by atoms with Crippen molar-refractivity contribution in [2.45, 2.75) is 57.1 Å². The summed E-state index contributed by atoms with van der Waals surface area (Å²) in [6.45, 7) is 5.85. The van der Waals surface area contributed by atoms with Crippen LogP contribution in [-0.2, 0) is 16.1 Å². The van der Waals surface area contributed by atoms with Crippen LogP contribution in [0.1, 0.15) is 39.2 Å². The summed E-state index contributed by atoms with van der Waals surface area (Å²) in [6, 6.07) is 12.1. The molecule has 0 fully saturated rings. The Bertz CT molecular complexity index is 871. The van der Waals surface area contributed by atoms with Gasteiger partial charge in [0, 0.05) is 50.3 Å². The van der Waals surface area contributed by atoms with Crippen molar-refractivity contribution < 1.29 is 9.59 Å². The van der Waals surface area contributed by atoms with E-state index in [1.54, 1.807) is 34.9 Å². The minimum absolute atomic E-state index is 0.0251. The Hall–Kier alpha value is -1.40. The van der Waals surface area contributed by atoms with Crippen LogP contribution in [0, 0.1) is 0 Å². The molecule has 2 rings (SSSR count). The second-order valence-corrected chi connectivity index (χ2v) is 9.78. The summed E-state index contributed by atoms with van der Waals surface area (Å²) in [6.07, 6.45) is 0.761. The Labute approximate surface area is 203 Å². The molecule has 0 aliphatic rings. The van der Waals surface area contributed by atoms with Crippen LogP contribution in [-0.4, -0.2) is 34.6 Å². The predicted molar refractivity (Wildman–Crippen MR) is 131 cm³/mol. The van der Waals surface area contributed by atoms with Crippen LogP contribution in [0.15, 0.2) is 47.4 Å². The zero-order valence-corrected chi connectivity index (χ0v) is 20.9. The first-order valence-corrected chi connectivity index (χ1v) is 12.3. The quantitative estimate of drug-likeness (QED) is 0.380. The Kier molecular flexibility index (Phi) is 10.5. The van der Waals surface area contributed by atoms with Gasteiger partial charge in [-0.3, -0.25) is 9.59 Å². The molecule has 0 aromatic heterocycles. The highest BCUT2D eigenvalue weighted by Gasteiger charge is 2.29. The summed E-state index contributed by atoms with van der Waals surface area (Å²) in [5, 5.41) is 4.53. The van der Waals surface area contributed by atoms with E-state index in [2.05, 4.69) is 5.32 Å².